The van der Waals surface area contributed by atoms with Crippen LogP contribution in [0.5, 0.6) is 5.75 Å². The average Bonchev–Trinajstić information content (AvgIpc) is 2.78. The van der Waals surface area contributed by atoms with Gasteiger partial charge >= 0.3 is 11.9 Å². The minimum Gasteiger partial charge on any atom is -0.491 e. The number of carboxylic acids is 2. The van der Waals surface area contributed by atoms with Crippen molar-refractivity contribution in [3.05, 3.63) is 60.2 Å². The van der Waals surface area contributed by atoms with Crippen LogP contribution >= 0.6 is 0 Å². The van der Waals surface area contributed by atoms with E-state index >= 15 is 0 Å². The van der Waals surface area contributed by atoms with Gasteiger partial charge in [0, 0.05) is 25.8 Å². The topological polar surface area (TPSA) is 119 Å². The second kappa shape index (κ2) is 14.8. The van der Waals surface area contributed by atoms with Gasteiger partial charge < -0.3 is 30.3 Å². The normalized spacial score (nSPS) is 11.3. The van der Waals surface area contributed by atoms with E-state index in [1.807, 2.05) is 24.3 Å². The molecular formula is C24H34N2O6. The number of rotatable bonds is 11. The molecule has 8 nitrogen and oxygen atoms in total. The molecule has 176 valence electrons. The molecule has 0 heterocycles. The first-order valence-corrected chi connectivity index (χ1v) is 10.5. The summed E-state index contributed by atoms with van der Waals surface area (Å²) < 4.78 is 5.82. The van der Waals surface area contributed by atoms with Crippen LogP contribution in [0.4, 0.5) is 5.69 Å². The number of benzene rings is 2. The summed E-state index contributed by atoms with van der Waals surface area (Å²) in [6, 6.07) is 18.4. The molecule has 1 atom stereocenters. The fourth-order valence-corrected chi connectivity index (χ4v) is 2.86. The first kappa shape index (κ1) is 26.9. The summed E-state index contributed by atoms with van der Waals surface area (Å²) in [4.78, 5) is 20.4. The van der Waals surface area contributed by atoms with Gasteiger partial charge in [0.15, 0.2) is 0 Å². The number of nitrogens with one attached hydrogen (secondary N) is 1. The van der Waals surface area contributed by atoms with Crippen LogP contribution in [0.3, 0.4) is 0 Å². The van der Waals surface area contributed by atoms with Crippen molar-refractivity contribution >= 4 is 17.6 Å². The van der Waals surface area contributed by atoms with E-state index in [1.165, 1.54) is 11.3 Å². The molecule has 0 aliphatic carbocycles. The summed E-state index contributed by atoms with van der Waals surface area (Å²) in [6.07, 6.45) is 0.511. The number of carboxylic acid groups (broad SMARTS) is 2. The van der Waals surface area contributed by atoms with Gasteiger partial charge in [0.1, 0.15) is 18.5 Å². The van der Waals surface area contributed by atoms with Gasteiger partial charge in [-0.2, -0.15) is 0 Å². The average molecular weight is 447 g/mol. The minimum absolute atomic E-state index is 0.306. The van der Waals surface area contributed by atoms with Gasteiger partial charge in [-0.05, 0) is 42.6 Å². The van der Waals surface area contributed by atoms with Crippen LogP contribution in [-0.4, -0.2) is 66.7 Å². The molecule has 2 aromatic carbocycles. The van der Waals surface area contributed by atoms with E-state index in [-0.39, 0.29) is 0 Å². The van der Waals surface area contributed by atoms with Crippen molar-refractivity contribution in [2.75, 3.05) is 38.2 Å². The van der Waals surface area contributed by atoms with Crippen LogP contribution in [-0.2, 0) is 9.59 Å². The largest absolute Gasteiger partial charge is 0.491 e. The fraction of sp³-hybridized carbons (Fsp3) is 0.417. The maximum absolute atomic E-state index is 10.1. The SMILES string of the molecule is CC(C)c1ccccc1OCC(O)CNCCCN(C)c1ccccc1.O=C(O)C(=O)O. The molecule has 0 spiro atoms. The quantitative estimate of drug-likeness (QED) is 0.307. The number of nitrogens with zero attached hydrogens (tertiary/aromatic N) is 1. The predicted molar refractivity (Wildman–Crippen MR) is 125 cm³/mol. The summed E-state index contributed by atoms with van der Waals surface area (Å²) >= 11 is 0. The summed E-state index contributed by atoms with van der Waals surface area (Å²) in [6.45, 7) is 6.99. The monoisotopic (exact) mass is 446 g/mol. The number of aliphatic hydroxyl groups excluding tert-OH is 1. The molecule has 4 N–H and O–H groups in total. The lowest BCUT2D eigenvalue weighted by molar-refractivity contribution is -0.159. The lowest BCUT2D eigenvalue weighted by Crippen LogP contribution is -2.33. The molecule has 0 aliphatic heterocycles. The highest BCUT2D eigenvalue weighted by molar-refractivity contribution is 6.27. The lowest BCUT2D eigenvalue weighted by atomic mass is 10.0. The number of hydrogen-bond donors (Lipinski definition) is 4. The van der Waals surface area contributed by atoms with E-state index in [1.54, 1.807) is 0 Å². The van der Waals surface area contributed by atoms with E-state index < -0.39 is 18.0 Å². The van der Waals surface area contributed by atoms with Gasteiger partial charge in [0.05, 0.1) is 0 Å². The van der Waals surface area contributed by atoms with Gasteiger partial charge in [-0.3, -0.25) is 0 Å². The summed E-state index contributed by atoms with van der Waals surface area (Å²) in [7, 11) is 2.10. The van der Waals surface area contributed by atoms with Crippen molar-refractivity contribution in [3.63, 3.8) is 0 Å². The molecule has 0 radical (unpaired) electrons. The zero-order valence-electron chi connectivity index (χ0n) is 18.9. The Balaban J connectivity index is 0.000000751. The third kappa shape index (κ3) is 10.8. The molecule has 2 rings (SSSR count). The highest BCUT2D eigenvalue weighted by Gasteiger charge is 2.10. The number of para-hydroxylation sites is 2. The summed E-state index contributed by atoms with van der Waals surface area (Å²) in [5.74, 6) is -2.38. The fourth-order valence-electron chi connectivity index (χ4n) is 2.86. The van der Waals surface area contributed by atoms with Crippen molar-refractivity contribution in [3.8, 4) is 5.75 Å². The van der Waals surface area contributed by atoms with Crippen molar-refractivity contribution in [2.24, 2.45) is 0 Å². The van der Waals surface area contributed by atoms with E-state index in [4.69, 9.17) is 24.5 Å². The Morgan fingerprint density at radius 1 is 1.00 bits per heavy atom. The molecule has 0 saturated carbocycles. The molecule has 1 unspecified atom stereocenters. The first-order valence-electron chi connectivity index (χ1n) is 10.5. The minimum atomic E-state index is -1.82. The van der Waals surface area contributed by atoms with E-state index in [0.29, 0.717) is 19.1 Å². The van der Waals surface area contributed by atoms with Crippen molar-refractivity contribution in [1.29, 1.82) is 0 Å². The number of aliphatic carboxylic acids is 2. The Kier molecular flexibility index (Phi) is 12.5. The zero-order chi connectivity index (χ0) is 23.9. The maximum atomic E-state index is 10.1. The maximum Gasteiger partial charge on any atom is 0.414 e. The molecule has 0 aliphatic rings. The Hall–Kier alpha value is -3.10. The van der Waals surface area contributed by atoms with Crippen LogP contribution < -0.4 is 15.0 Å². The Labute approximate surface area is 189 Å². The third-order valence-corrected chi connectivity index (χ3v) is 4.58. The second-order valence-corrected chi connectivity index (χ2v) is 7.58. The number of carbonyl (C=O) groups is 2. The van der Waals surface area contributed by atoms with Crippen molar-refractivity contribution < 1.29 is 29.6 Å². The van der Waals surface area contributed by atoms with Crippen molar-refractivity contribution in [2.45, 2.75) is 32.3 Å². The molecule has 8 heteroatoms. The van der Waals surface area contributed by atoms with Gasteiger partial charge in [0.25, 0.3) is 0 Å². The van der Waals surface area contributed by atoms with Gasteiger partial charge in [-0.1, -0.05) is 50.2 Å². The number of ether oxygens (including phenoxy) is 1. The van der Waals surface area contributed by atoms with E-state index in [2.05, 4.69) is 61.4 Å². The third-order valence-electron chi connectivity index (χ3n) is 4.58. The van der Waals surface area contributed by atoms with Gasteiger partial charge in [-0.25, -0.2) is 9.59 Å². The Bertz CT molecular complexity index is 801. The van der Waals surface area contributed by atoms with E-state index in [0.717, 1.165) is 25.3 Å². The number of hydrogen-bond acceptors (Lipinski definition) is 6. The van der Waals surface area contributed by atoms with Crippen LogP contribution in [0.15, 0.2) is 54.6 Å². The Morgan fingerprint density at radius 2 is 1.59 bits per heavy atom. The highest BCUT2D eigenvalue weighted by Crippen LogP contribution is 2.25. The first-order chi connectivity index (χ1) is 15.2. The number of aliphatic hydroxyl groups is 1. The van der Waals surface area contributed by atoms with Crippen LogP contribution in [0.25, 0.3) is 0 Å². The molecule has 0 amide bonds. The number of anilines is 1. The molecule has 0 bridgehead atoms. The Morgan fingerprint density at radius 3 is 2.19 bits per heavy atom. The predicted octanol–water partition coefficient (Wildman–Crippen LogP) is 2.82. The lowest BCUT2D eigenvalue weighted by Gasteiger charge is -2.20. The van der Waals surface area contributed by atoms with Crippen LogP contribution in [0, 0.1) is 0 Å². The van der Waals surface area contributed by atoms with E-state index in [9.17, 15) is 5.11 Å². The zero-order valence-corrected chi connectivity index (χ0v) is 18.9. The molecule has 0 saturated heterocycles. The standard InChI is InChI=1S/C22H32N2O2.C2H2O4/c1-18(2)21-12-7-8-13-22(21)26-17-20(25)16-23-14-9-15-24(3)19-10-5-4-6-11-19;3-1(4)2(5)6/h4-8,10-13,18,20,23,25H,9,14-17H2,1-3H3;(H,3,4)(H,5,6). The molecule has 2 aromatic rings. The summed E-state index contributed by atoms with van der Waals surface area (Å²) in [5.41, 5.74) is 2.40. The van der Waals surface area contributed by atoms with Gasteiger partial charge in [-0.15, -0.1) is 0 Å². The van der Waals surface area contributed by atoms with Crippen LogP contribution in [0.1, 0.15) is 31.7 Å². The van der Waals surface area contributed by atoms with Gasteiger partial charge in [0.2, 0.25) is 0 Å². The second-order valence-electron chi connectivity index (χ2n) is 7.58. The summed E-state index contributed by atoms with van der Waals surface area (Å²) in [5, 5.41) is 28.2. The molecule has 0 fully saturated rings. The smallest absolute Gasteiger partial charge is 0.414 e. The highest BCUT2D eigenvalue weighted by atomic mass is 16.5. The molecule has 32 heavy (non-hydrogen) atoms. The molecular weight excluding hydrogens is 412 g/mol. The van der Waals surface area contributed by atoms with Crippen LogP contribution in [0.2, 0.25) is 0 Å². The molecule has 0 aromatic heterocycles. The van der Waals surface area contributed by atoms with Crippen molar-refractivity contribution in [1.82, 2.24) is 5.32 Å².